The Morgan fingerprint density at radius 2 is 1.86 bits per heavy atom. The number of hydrogen-bond donors (Lipinski definition) is 0. The second-order valence-corrected chi connectivity index (χ2v) is 9.53. The third-order valence-corrected chi connectivity index (χ3v) is 6.75. The molecule has 1 aromatic carbocycles. The van der Waals surface area contributed by atoms with E-state index in [9.17, 15) is 4.79 Å². The Labute approximate surface area is 208 Å². The monoisotopic (exact) mass is 475 g/mol. The van der Waals surface area contributed by atoms with E-state index in [2.05, 4.69) is 54.0 Å². The van der Waals surface area contributed by atoms with Gasteiger partial charge in [-0.2, -0.15) is 0 Å². The minimum absolute atomic E-state index is 0.0133. The van der Waals surface area contributed by atoms with E-state index in [1.807, 2.05) is 35.0 Å². The van der Waals surface area contributed by atoms with E-state index in [0.29, 0.717) is 12.4 Å². The van der Waals surface area contributed by atoms with E-state index in [0.717, 1.165) is 73.5 Å². The van der Waals surface area contributed by atoms with Crippen LogP contribution in [0.2, 0.25) is 0 Å². The normalized spacial score (nSPS) is 13.9. The first-order valence-corrected chi connectivity index (χ1v) is 12.5. The molecule has 0 aliphatic heterocycles. The number of benzene rings is 1. The molecule has 0 radical (unpaired) electrons. The first-order chi connectivity index (χ1) is 17.0. The summed E-state index contributed by atoms with van der Waals surface area (Å²) >= 11 is 0. The summed E-state index contributed by atoms with van der Waals surface area (Å²) < 4.78 is 7.17. The predicted octanol–water partition coefficient (Wildman–Crippen LogP) is 3.70. The van der Waals surface area contributed by atoms with Crippen molar-refractivity contribution in [1.29, 1.82) is 0 Å². The Morgan fingerprint density at radius 3 is 2.51 bits per heavy atom. The molecule has 0 fully saturated rings. The minimum atomic E-state index is 0.0133. The maximum atomic E-state index is 13.7. The zero-order chi connectivity index (χ0) is 24.8. The lowest BCUT2D eigenvalue weighted by molar-refractivity contribution is 0.155. The van der Waals surface area contributed by atoms with Crippen molar-refractivity contribution in [3.63, 3.8) is 0 Å². The predicted molar refractivity (Wildman–Crippen MR) is 139 cm³/mol. The van der Waals surface area contributed by atoms with Crippen molar-refractivity contribution >= 4 is 0 Å². The maximum absolute atomic E-state index is 13.7. The molecule has 7 nitrogen and oxygen atoms in total. The number of fused-ring (bicyclic) bond motifs is 1. The second-order valence-electron chi connectivity index (χ2n) is 9.53. The highest BCUT2D eigenvalue weighted by Gasteiger charge is 2.28. The number of aryl methyl sites for hydroxylation is 1. The molecule has 1 unspecified atom stereocenters. The molecule has 2 heterocycles. The van der Waals surface area contributed by atoms with Crippen LogP contribution < -0.4 is 10.3 Å². The molecule has 1 aliphatic rings. The van der Waals surface area contributed by atoms with Crippen LogP contribution in [-0.2, 0) is 25.9 Å². The van der Waals surface area contributed by atoms with E-state index in [-0.39, 0.29) is 11.6 Å². The van der Waals surface area contributed by atoms with Crippen LogP contribution in [0.1, 0.15) is 54.0 Å². The van der Waals surface area contributed by atoms with Crippen LogP contribution >= 0.6 is 0 Å². The lowest BCUT2D eigenvalue weighted by Gasteiger charge is -2.33. The summed E-state index contributed by atoms with van der Waals surface area (Å²) in [5, 5.41) is 0. The zero-order valence-corrected chi connectivity index (χ0v) is 21.4. The fourth-order valence-corrected chi connectivity index (χ4v) is 4.86. The third kappa shape index (κ3) is 5.97. The van der Waals surface area contributed by atoms with E-state index < -0.39 is 0 Å². The van der Waals surface area contributed by atoms with Crippen molar-refractivity contribution in [1.82, 2.24) is 24.3 Å². The number of aromatic nitrogens is 3. The topological polar surface area (TPSA) is 63.5 Å². The average molecular weight is 476 g/mol. The molecule has 7 heteroatoms. The highest BCUT2D eigenvalue weighted by molar-refractivity contribution is 5.26. The fraction of sp³-hybridized carbons (Fsp3) is 0.464. The molecule has 0 spiro atoms. The average Bonchev–Trinajstić information content (AvgIpc) is 3.35. The van der Waals surface area contributed by atoms with Crippen LogP contribution in [0.25, 0.3) is 0 Å². The summed E-state index contributed by atoms with van der Waals surface area (Å²) in [6.07, 6.45) is 5.46. The summed E-state index contributed by atoms with van der Waals surface area (Å²) in [4.78, 5) is 27.9. The first-order valence-electron chi connectivity index (χ1n) is 12.5. The van der Waals surface area contributed by atoms with Crippen LogP contribution in [-0.4, -0.2) is 58.6 Å². The summed E-state index contributed by atoms with van der Waals surface area (Å²) in [6, 6.07) is 14.2. The Morgan fingerprint density at radius 1 is 1.06 bits per heavy atom. The largest absolute Gasteiger partial charge is 0.481 e. The molecule has 0 saturated carbocycles. The second kappa shape index (κ2) is 11.6. The zero-order valence-electron chi connectivity index (χ0n) is 21.4. The SMILES string of the molecule is CCC(c1nc2c(c(=O)n1Cc1ccccc1)CCC2)N(CCN(C)C)Cc1ccc(OC)nc1. The van der Waals surface area contributed by atoms with Gasteiger partial charge in [-0.25, -0.2) is 9.97 Å². The molecule has 186 valence electrons. The molecule has 2 aromatic heterocycles. The summed E-state index contributed by atoms with van der Waals surface area (Å²) in [7, 11) is 5.81. The Kier molecular flexibility index (Phi) is 8.31. The van der Waals surface area contributed by atoms with Gasteiger partial charge in [0, 0.05) is 37.5 Å². The molecular formula is C28H37N5O2. The number of rotatable bonds is 11. The van der Waals surface area contributed by atoms with Crippen LogP contribution in [0.5, 0.6) is 5.88 Å². The van der Waals surface area contributed by atoms with Crippen LogP contribution in [0.15, 0.2) is 53.5 Å². The van der Waals surface area contributed by atoms with E-state index in [1.54, 1.807) is 7.11 Å². The molecule has 1 aliphatic carbocycles. The summed E-state index contributed by atoms with van der Waals surface area (Å²) in [6.45, 7) is 5.22. The fourth-order valence-electron chi connectivity index (χ4n) is 4.86. The number of likely N-dealkylation sites (N-methyl/N-ethyl adjacent to an activating group) is 1. The van der Waals surface area contributed by atoms with Crippen molar-refractivity contribution in [2.75, 3.05) is 34.3 Å². The number of hydrogen-bond acceptors (Lipinski definition) is 6. The van der Waals surface area contributed by atoms with Gasteiger partial charge in [-0.3, -0.25) is 14.3 Å². The van der Waals surface area contributed by atoms with E-state index in [1.165, 1.54) is 0 Å². The quantitative estimate of drug-likeness (QED) is 0.421. The van der Waals surface area contributed by atoms with Crippen LogP contribution in [0.4, 0.5) is 0 Å². The van der Waals surface area contributed by atoms with Crippen molar-refractivity contribution < 1.29 is 4.74 Å². The Bertz CT molecular complexity index is 1160. The van der Waals surface area contributed by atoms with E-state index in [4.69, 9.17) is 9.72 Å². The van der Waals surface area contributed by atoms with Crippen molar-refractivity contribution in [2.45, 2.75) is 51.7 Å². The van der Waals surface area contributed by atoms with Crippen LogP contribution in [0, 0.1) is 0 Å². The van der Waals surface area contributed by atoms with Gasteiger partial charge in [0.2, 0.25) is 5.88 Å². The summed E-state index contributed by atoms with van der Waals surface area (Å²) in [5.41, 5.74) is 4.25. The Hall–Kier alpha value is -3.03. The lowest BCUT2D eigenvalue weighted by atomic mass is 10.1. The highest BCUT2D eigenvalue weighted by atomic mass is 16.5. The van der Waals surface area contributed by atoms with Gasteiger partial charge in [-0.05, 0) is 50.9 Å². The van der Waals surface area contributed by atoms with Crippen LogP contribution in [0.3, 0.4) is 0 Å². The number of ether oxygens (including phenoxy) is 1. The Balaban J connectivity index is 1.75. The van der Waals surface area contributed by atoms with Gasteiger partial charge in [0.15, 0.2) is 0 Å². The minimum Gasteiger partial charge on any atom is -0.481 e. The van der Waals surface area contributed by atoms with Gasteiger partial charge in [-0.15, -0.1) is 0 Å². The van der Waals surface area contributed by atoms with Gasteiger partial charge in [-0.1, -0.05) is 43.3 Å². The van der Waals surface area contributed by atoms with Crippen molar-refractivity contribution in [3.05, 3.63) is 87.2 Å². The van der Waals surface area contributed by atoms with Gasteiger partial charge in [0.05, 0.1) is 25.4 Å². The smallest absolute Gasteiger partial charge is 0.257 e. The molecule has 3 aromatic rings. The molecule has 0 N–H and O–H groups in total. The van der Waals surface area contributed by atoms with Crippen molar-refractivity contribution in [2.24, 2.45) is 0 Å². The van der Waals surface area contributed by atoms with Gasteiger partial charge >= 0.3 is 0 Å². The third-order valence-electron chi connectivity index (χ3n) is 6.75. The summed E-state index contributed by atoms with van der Waals surface area (Å²) in [5.74, 6) is 1.49. The molecule has 0 amide bonds. The van der Waals surface area contributed by atoms with Gasteiger partial charge < -0.3 is 9.64 Å². The highest BCUT2D eigenvalue weighted by Crippen LogP contribution is 2.27. The standard InChI is InChI=1S/C28H37N5O2/c1-5-25(32(17-16-31(2)3)19-22-14-15-26(35-4)29-18-22)27-30-24-13-9-12-23(24)28(34)33(27)20-21-10-7-6-8-11-21/h6-8,10-11,14-15,18,25H,5,9,12-13,16-17,19-20H2,1-4H3. The molecule has 35 heavy (non-hydrogen) atoms. The van der Waals surface area contributed by atoms with Gasteiger partial charge in [0.25, 0.3) is 5.56 Å². The molecular weight excluding hydrogens is 438 g/mol. The molecule has 4 rings (SSSR count). The maximum Gasteiger partial charge on any atom is 0.257 e. The number of nitrogens with zero attached hydrogens (tertiary/aromatic N) is 5. The number of pyridine rings is 1. The first kappa shape index (κ1) is 25.1. The lowest BCUT2D eigenvalue weighted by Crippen LogP contribution is -2.39. The molecule has 1 atom stereocenters. The van der Waals surface area contributed by atoms with Crippen molar-refractivity contribution in [3.8, 4) is 5.88 Å². The number of methoxy groups -OCH3 is 1. The molecule has 0 bridgehead atoms. The van der Waals surface area contributed by atoms with E-state index >= 15 is 0 Å². The van der Waals surface area contributed by atoms with Gasteiger partial charge in [0.1, 0.15) is 5.82 Å². The molecule has 0 saturated heterocycles.